The van der Waals surface area contributed by atoms with Gasteiger partial charge in [-0.05, 0) is 24.3 Å². The number of aliphatic hydroxyl groups excluding tert-OH is 4. The maximum atomic E-state index is 13.3. The number of methoxy groups -OCH3 is 3. The molecule has 0 radical (unpaired) electrons. The lowest BCUT2D eigenvalue weighted by molar-refractivity contribution is -0.277. The van der Waals surface area contributed by atoms with Gasteiger partial charge in [-0.15, -0.1) is 0 Å². The van der Waals surface area contributed by atoms with Crippen LogP contribution in [0.25, 0.3) is 22.3 Å². The van der Waals surface area contributed by atoms with E-state index in [2.05, 4.69) is 0 Å². The Kier molecular flexibility index (Phi) is 7.15. The molecule has 11 heteroatoms. The molecule has 0 aliphatic carbocycles. The lowest BCUT2D eigenvalue weighted by Crippen LogP contribution is -2.60. The standard InChI is InChI=1S/C24H26O11/c1-30-12-6-4-11(5-7-12)14-8-13(26)18-15(33-14)9-16(31-2)22(32-3)23(18)35-24-21(29)20(28)19(27)17(10-25)34-24/h4-9,17,19-21,24-25,27-29H,10H2,1-3H3/t17-,19-,20-,21-,24+/m1/s1. The Labute approximate surface area is 199 Å². The molecular weight excluding hydrogens is 464 g/mol. The van der Waals surface area contributed by atoms with Gasteiger partial charge in [0.2, 0.25) is 12.0 Å². The molecule has 0 unspecified atom stereocenters. The van der Waals surface area contributed by atoms with E-state index < -0.39 is 42.7 Å². The maximum absolute atomic E-state index is 13.3. The Bertz CT molecular complexity index is 1230. The summed E-state index contributed by atoms with van der Waals surface area (Å²) in [5.74, 6) is 0.923. The van der Waals surface area contributed by atoms with Crippen LogP contribution in [0.4, 0.5) is 0 Å². The quantitative estimate of drug-likeness (QED) is 0.369. The molecule has 2 aromatic carbocycles. The first kappa shape index (κ1) is 24.8. The highest BCUT2D eigenvalue weighted by Crippen LogP contribution is 2.44. The average Bonchev–Trinajstić information content (AvgIpc) is 2.88. The van der Waals surface area contributed by atoms with Crippen molar-refractivity contribution in [2.45, 2.75) is 30.7 Å². The molecule has 0 bridgehead atoms. The highest BCUT2D eigenvalue weighted by atomic mass is 16.7. The first-order chi connectivity index (χ1) is 16.8. The van der Waals surface area contributed by atoms with Crippen molar-refractivity contribution in [1.29, 1.82) is 0 Å². The molecule has 1 aliphatic rings. The van der Waals surface area contributed by atoms with Crippen LogP contribution in [-0.2, 0) is 4.74 Å². The van der Waals surface area contributed by atoms with Gasteiger partial charge in [0.1, 0.15) is 46.9 Å². The summed E-state index contributed by atoms with van der Waals surface area (Å²) in [6, 6.07) is 9.65. The van der Waals surface area contributed by atoms with Crippen LogP contribution in [0, 0.1) is 0 Å². The maximum Gasteiger partial charge on any atom is 0.229 e. The lowest BCUT2D eigenvalue weighted by atomic mass is 9.99. The van der Waals surface area contributed by atoms with Crippen LogP contribution in [-0.4, -0.2) is 79.1 Å². The van der Waals surface area contributed by atoms with Gasteiger partial charge in [-0.1, -0.05) is 0 Å². The van der Waals surface area contributed by atoms with Crippen LogP contribution >= 0.6 is 0 Å². The van der Waals surface area contributed by atoms with Gasteiger partial charge in [0.05, 0.1) is 27.9 Å². The number of fused-ring (bicyclic) bond motifs is 1. The predicted octanol–water partition coefficient (Wildman–Crippen LogP) is 0.664. The van der Waals surface area contributed by atoms with Crippen molar-refractivity contribution in [3.8, 4) is 34.3 Å². The normalized spacial score (nSPS) is 24.3. The molecule has 4 rings (SSSR count). The highest BCUT2D eigenvalue weighted by Gasteiger charge is 2.45. The molecule has 1 aliphatic heterocycles. The van der Waals surface area contributed by atoms with Crippen molar-refractivity contribution in [2.75, 3.05) is 27.9 Å². The minimum Gasteiger partial charge on any atom is -0.497 e. The summed E-state index contributed by atoms with van der Waals surface area (Å²) in [6.45, 7) is -0.645. The molecule has 1 aromatic heterocycles. The number of hydrogen-bond donors (Lipinski definition) is 4. The minimum absolute atomic E-state index is 0.0152. The van der Waals surface area contributed by atoms with E-state index in [4.69, 9.17) is 28.1 Å². The second-order valence-corrected chi connectivity index (χ2v) is 7.83. The summed E-state index contributed by atoms with van der Waals surface area (Å²) in [4.78, 5) is 13.3. The van der Waals surface area contributed by atoms with E-state index in [9.17, 15) is 25.2 Å². The number of ether oxygens (including phenoxy) is 5. The van der Waals surface area contributed by atoms with E-state index in [0.717, 1.165) is 0 Å². The van der Waals surface area contributed by atoms with Gasteiger partial charge < -0.3 is 48.5 Å². The minimum atomic E-state index is -1.70. The Morgan fingerprint density at radius 1 is 0.886 bits per heavy atom. The molecule has 2 heterocycles. The average molecular weight is 490 g/mol. The zero-order valence-electron chi connectivity index (χ0n) is 19.2. The van der Waals surface area contributed by atoms with Gasteiger partial charge in [0, 0.05) is 17.7 Å². The van der Waals surface area contributed by atoms with E-state index in [1.54, 1.807) is 31.4 Å². The summed E-state index contributed by atoms with van der Waals surface area (Å²) in [7, 11) is 4.26. The van der Waals surface area contributed by atoms with Gasteiger partial charge in [0.25, 0.3) is 0 Å². The number of aliphatic hydroxyl groups is 4. The molecule has 0 amide bonds. The second kappa shape index (κ2) is 10.1. The predicted molar refractivity (Wildman–Crippen MR) is 122 cm³/mol. The van der Waals surface area contributed by atoms with Gasteiger partial charge in [-0.2, -0.15) is 0 Å². The molecule has 35 heavy (non-hydrogen) atoms. The number of hydrogen-bond acceptors (Lipinski definition) is 11. The fourth-order valence-corrected chi connectivity index (χ4v) is 3.88. The van der Waals surface area contributed by atoms with Crippen molar-refractivity contribution >= 4 is 11.0 Å². The number of rotatable bonds is 7. The number of benzene rings is 2. The van der Waals surface area contributed by atoms with Crippen molar-refractivity contribution in [2.24, 2.45) is 0 Å². The first-order valence-corrected chi connectivity index (χ1v) is 10.7. The zero-order chi connectivity index (χ0) is 25.3. The third-order valence-corrected chi connectivity index (χ3v) is 5.78. The van der Waals surface area contributed by atoms with Crippen LogP contribution in [0.2, 0.25) is 0 Å². The summed E-state index contributed by atoms with van der Waals surface area (Å²) in [5.41, 5.74) is 0.231. The van der Waals surface area contributed by atoms with Crippen molar-refractivity contribution in [3.05, 3.63) is 46.6 Å². The van der Waals surface area contributed by atoms with E-state index in [-0.39, 0.29) is 34.0 Å². The largest absolute Gasteiger partial charge is 0.497 e. The molecule has 3 aromatic rings. The Balaban J connectivity index is 1.84. The molecule has 1 saturated heterocycles. The van der Waals surface area contributed by atoms with E-state index in [1.807, 2.05) is 0 Å². The molecule has 0 spiro atoms. The van der Waals surface area contributed by atoms with Gasteiger partial charge in [0.15, 0.2) is 16.9 Å². The van der Waals surface area contributed by atoms with Crippen LogP contribution in [0.1, 0.15) is 0 Å². The fourth-order valence-electron chi connectivity index (χ4n) is 3.88. The van der Waals surface area contributed by atoms with Crippen molar-refractivity contribution in [1.82, 2.24) is 0 Å². The van der Waals surface area contributed by atoms with Crippen LogP contribution in [0.3, 0.4) is 0 Å². The summed E-state index contributed by atoms with van der Waals surface area (Å²) < 4.78 is 33.2. The molecule has 5 atom stereocenters. The SMILES string of the molecule is COc1ccc(-c2cc(=O)c3c(O[C@@H]4O[C@H](CO)[C@@H](O)[C@@H](O)[C@H]4O)c(OC)c(OC)cc3o2)cc1. The zero-order valence-corrected chi connectivity index (χ0v) is 19.2. The topological polar surface area (TPSA) is 157 Å². The van der Waals surface area contributed by atoms with E-state index in [1.165, 1.54) is 26.4 Å². The second-order valence-electron chi connectivity index (χ2n) is 7.83. The Morgan fingerprint density at radius 2 is 1.60 bits per heavy atom. The molecule has 0 saturated carbocycles. The first-order valence-electron chi connectivity index (χ1n) is 10.7. The Morgan fingerprint density at radius 3 is 2.20 bits per heavy atom. The molecule has 1 fully saturated rings. The monoisotopic (exact) mass is 490 g/mol. The highest BCUT2D eigenvalue weighted by molar-refractivity contribution is 5.90. The van der Waals surface area contributed by atoms with Gasteiger partial charge in [-0.25, -0.2) is 0 Å². The molecule has 4 N–H and O–H groups in total. The Hall–Kier alpha value is -3.35. The van der Waals surface area contributed by atoms with Crippen LogP contribution < -0.4 is 24.4 Å². The summed E-state index contributed by atoms with van der Waals surface area (Å²) >= 11 is 0. The molecule has 11 nitrogen and oxygen atoms in total. The van der Waals surface area contributed by atoms with Gasteiger partial charge >= 0.3 is 0 Å². The van der Waals surface area contributed by atoms with Crippen molar-refractivity contribution < 1.29 is 48.5 Å². The lowest BCUT2D eigenvalue weighted by Gasteiger charge is -2.39. The summed E-state index contributed by atoms with van der Waals surface area (Å²) in [6.07, 6.45) is -7.72. The summed E-state index contributed by atoms with van der Waals surface area (Å²) in [5, 5.41) is 40.0. The van der Waals surface area contributed by atoms with E-state index in [0.29, 0.717) is 11.3 Å². The molecular formula is C24H26O11. The van der Waals surface area contributed by atoms with Gasteiger partial charge in [-0.3, -0.25) is 4.79 Å². The fraction of sp³-hybridized carbons (Fsp3) is 0.375. The third kappa shape index (κ3) is 4.51. The molecule has 188 valence electrons. The third-order valence-electron chi connectivity index (χ3n) is 5.78. The van der Waals surface area contributed by atoms with E-state index >= 15 is 0 Å². The van der Waals surface area contributed by atoms with Crippen molar-refractivity contribution in [3.63, 3.8) is 0 Å². The van der Waals surface area contributed by atoms with Crippen LogP contribution in [0.5, 0.6) is 23.0 Å². The smallest absolute Gasteiger partial charge is 0.229 e. The van der Waals surface area contributed by atoms with Crippen LogP contribution in [0.15, 0.2) is 45.6 Å².